The number of anilines is 2. The van der Waals surface area contributed by atoms with Gasteiger partial charge in [0.15, 0.2) is 0 Å². The van der Waals surface area contributed by atoms with Gasteiger partial charge in [-0.25, -0.2) is 13.4 Å². The molecule has 0 bridgehead atoms. The zero-order valence-electron chi connectivity index (χ0n) is 9.34. The minimum Gasteiger partial charge on any atom is -0.383 e. The fourth-order valence-corrected chi connectivity index (χ4v) is 3.46. The zero-order valence-corrected chi connectivity index (χ0v) is 13.3. The van der Waals surface area contributed by atoms with Gasteiger partial charge in [-0.15, -0.1) is 0 Å². The maximum Gasteiger partial charge on any atom is 0.265 e. The third kappa shape index (κ3) is 3.23. The Morgan fingerprint density at radius 1 is 1.26 bits per heavy atom. The molecule has 19 heavy (non-hydrogen) atoms. The van der Waals surface area contributed by atoms with E-state index in [4.69, 9.17) is 5.73 Å². The van der Waals surface area contributed by atoms with Crippen molar-refractivity contribution in [1.82, 2.24) is 9.97 Å². The van der Waals surface area contributed by atoms with Gasteiger partial charge in [0.05, 0.1) is 10.2 Å². The minimum atomic E-state index is -3.81. The van der Waals surface area contributed by atoms with E-state index in [9.17, 15) is 8.42 Å². The molecule has 0 unspecified atom stereocenters. The molecule has 0 saturated heterocycles. The summed E-state index contributed by atoms with van der Waals surface area (Å²) in [6, 6.07) is 2.92. The summed E-state index contributed by atoms with van der Waals surface area (Å²) in [6.45, 7) is 0. The molecule has 0 aromatic carbocycles. The summed E-state index contributed by atoms with van der Waals surface area (Å²) in [5.41, 5.74) is 5.96. The number of hydrogen-bond donors (Lipinski definition) is 2. The SMILES string of the molecule is Nc1ncc(Br)cc1S(=O)(=O)Nc1ccncc1Br. The molecular formula is C10H8Br2N4O2S. The Balaban J connectivity index is 2.44. The number of sulfonamides is 1. The van der Waals surface area contributed by atoms with Gasteiger partial charge < -0.3 is 5.73 Å². The smallest absolute Gasteiger partial charge is 0.265 e. The van der Waals surface area contributed by atoms with Crippen LogP contribution < -0.4 is 10.5 Å². The predicted molar refractivity (Wildman–Crippen MR) is 79.1 cm³/mol. The second-order valence-corrected chi connectivity index (χ2v) is 6.92. The topological polar surface area (TPSA) is 98.0 Å². The van der Waals surface area contributed by atoms with E-state index in [0.29, 0.717) is 14.6 Å². The maximum absolute atomic E-state index is 12.2. The molecule has 3 N–H and O–H groups in total. The second-order valence-electron chi connectivity index (χ2n) is 3.50. The largest absolute Gasteiger partial charge is 0.383 e. The maximum atomic E-state index is 12.2. The summed E-state index contributed by atoms with van der Waals surface area (Å²) >= 11 is 6.37. The van der Waals surface area contributed by atoms with Crippen LogP contribution in [0.4, 0.5) is 11.5 Å². The van der Waals surface area contributed by atoms with Crippen molar-refractivity contribution in [2.24, 2.45) is 0 Å². The number of nitrogen functional groups attached to an aromatic ring is 1. The number of nitrogens with zero attached hydrogens (tertiary/aromatic N) is 2. The highest BCUT2D eigenvalue weighted by atomic mass is 79.9. The van der Waals surface area contributed by atoms with Crippen LogP contribution in [0.1, 0.15) is 0 Å². The monoisotopic (exact) mass is 406 g/mol. The normalized spacial score (nSPS) is 11.3. The van der Waals surface area contributed by atoms with Gasteiger partial charge in [-0.1, -0.05) is 0 Å². The number of rotatable bonds is 3. The standard InChI is InChI=1S/C10H8Br2N4O2S/c11-6-3-9(10(13)15-4-6)19(17,18)16-8-1-2-14-5-7(8)12/h1-5H,(H2,13,15)(H,14,16). The van der Waals surface area contributed by atoms with Crippen LogP contribution in [0.3, 0.4) is 0 Å². The second kappa shape index (κ2) is 5.43. The molecule has 6 nitrogen and oxygen atoms in total. The van der Waals surface area contributed by atoms with Crippen molar-refractivity contribution >= 4 is 53.4 Å². The molecule has 2 rings (SSSR count). The average Bonchev–Trinajstić information content (AvgIpc) is 2.35. The van der Waals surface area contributed by atoms with Crippen LogP contribution in [0.25, 0.3) is 0 Å². The van der Waals surface area contributed by atoms with E-state index in [1.54, 1.807) is 0 Å². The van der Waals surface area contributed by atoms with Gasteiger partial charge in [0.1, 0.15) is 10.7 Å². The van der Waals surface area contributed by atoms with Gasteiger partial charge in [-0.2, -0.15) is 0 Å². The molecule has 0 fully saturated rings. The molecule has 2 aromatic heterocycles. The van der Waals surface area contributed by atoms with Crippen LogP contribution in [0.15, 0.2) is 44.6 Å². The molecule has 0 aliphatic heterocycles. The molecule has 0 aliphatic carbocycles. The number of pyridine rings is 2. The highest BCUT2D eigenvalue weighted by molar-refractivity contribution is 9.10. The lowest BCUT2D eigenvalue weighted by Crippen LogP contribution is -2.16. The Labute approximate surface area is 126 Å². The van der Waals surface area contributed by atoms with Gasteiger partial charge >= 0.3 is 0 Å². The molecule has 9 heteroatoms. The lowest BCUT2D eigenvalue weighted by molar-refractivity contribution is 0.601. The fourth-order valence-electron chi connectivity index (χ4n) is 1.30. The Bertz CT molecular complexity index is 721. The third-order valence-electron chi connectivity index (χ3n) is 2.15. The molecule has 2 aromatic rings. The van der Waals surface area contributed by atoms with E-state index >= 15 is 0 Å². The van der Waals surface area contributed by atoms with Crippen LogP contribution in [0, 0.1) is 0 Å². The summed E-state index contributed by atoms with van der Waals surface area (Å²) in [4.78, 5) is 7.56. The van der Waals surface area contributed by atoms with Crippen LogP contribution >= 0.6 is 31.9 Å². The molecule has 0 radical (unpaired) electrons. The molecule has 0 atom stereocenters. The Morgan fingerprint density at radius 2 is 2.00 bits per heavy atom. The van der Waals surface area contributed by atoms with Crippen molar-refractivity contribution in [3.05, 3.63) is 39.7 Å². The number of aromatic nitrogens is 2. The third-order valence-corrected chi connectivity index (χ3v) is 4.61. The van der Waals surface area contributed by atoms with E-state index in [0.717, 1.165) is 0 Å². The van der Waals surface area contributed by atoms with E-state index < -0.39 is 10.0 Å². The summed E-state index contributed by atoms with van der Waals surface area (Å²) in [6.07, 6.45) is 4.39. The van der Waals surface area contributed by atoms with Crippen molar-refractivity contribution in [2.45, 2.75) is 4.90 Å². The average molecular weight is 408 g/mol. The van der Waals surface area contributed by atoms with E-state index in [1.807, 2.05) is 0 Å². The predicted octanol–water partition coefficient (Wildman–Crippen LogP) is 2.38. The lowest BCUT2D eigenvalue weighted by atomic mass is 10.4. The van der Waals surface area contributed by atoms with Gasteiger partial charge in [0.25, 0.3) is 10.0 Å². The van der Waals surface area contributed by atoms with Gasteiger partial charge in [0.2, 0.25) is 0 Å². The molecule has 2 heterocycles. The molecule has 0 amide bonds. The van der Waals surface area contributed by atoms with Crippen LogP contribution in [0.5, 0.6) is 0 Å². The highest BCUT2D eigenvalue weighted by Gasteiger charge is 2.20. The van der Waals surface area contributed by atoms with Gasteiger partial charge in [-0.05, 0) is 44.0 Å². The highest BCUT2D eigenvalue weighted by Crippen LogP contribution is 2.26. The van der Waals surface area contributed by atoms with Crippen molar-refractivity contribution in [1.29, 1.82) is 0 Å². The molecule has 0 aliphatic rings. The molecule has 0 saturated carbocycles. The van der Waals surface area contributed by atoms with E-state index in [2.05, 4.69) is 46.5 Å². The van der Waals surface area contributed by atoms with Crippen LogP contribution in [0.2, 0.25) is 0 Å². The Hall–Kier alpha value is -1.19. The quantitative estimate of drug-likeness (QED) is 0.813. The van der Waals surface area contributed by atoms with Crippen molar-refractivity contribution in [2.75, 3.05) is 10.5 Å². The summed E-state index contributed by atoms with van der Waals surface area (Å²) in [7, 11) is -3.81. The first-order valence-corrected chi connectivity index (χ1v) is 8.00. The van der Waals surface area contributed by atoms with Crippen LogP contribution in [-0.2, 0) is 10.0 Å². The summed E-state index contributed by atoms with van der Waals surface area (Å²) in [5, 5.41) is 0. The van der Waals surface area contributed by atoms with Crippen LogP contribution in [-0.4, -0.2) is 18.4 Å². The molecule has 0 spiro atoms. The van der Waals surface area contributed by atoms with E-state index in [1.165, 1.54) is 30.7 Å². The number of hydrogen-bond acceptors (Lipinski definition) is 5. The summed E-state index contributed by atoms with van der Waals surface area (Å²) < 4.78 is 27.9. The molecule has 100 valence electrons. The summed E-state index contributed by atoms with van der Waals surface area (Å²) in [5.74, 6) is -0.0686. The molecular weight excluding hydrogens is 400 g/mol. The van der Waals surface area contributed by atoms with Gasteiger partial charge in [-0.3, -0.25) is 9.71 Å². The van der Waals surface area contributed by atoms with Crippen molar-refractivity contribution < 1.29 is 8.42 Å². The first-order chi connectivity index (χ1) is 8.90. The number of nitrogens with one attached hydrogen (secondary N) is 1. The number of nitrogens with two attached hydrogens (primary N) is 1. The van der Waals surface area contributed by atoms with Gasteiger partial charge in [0, 0.05) is 23.1 Å². The van der Waals surface area contributed by atoms with Crippen molar-refractivity contribution in [3.8, 4) is 0 Å². The Morgan fingerprint density at radius 3 is 2.68 bits per heavy atom. The lowest BCUT2D eigenvalue weighted by Gasteiger charge is -2.10. The first kappa shape index (κ1) is 14.2. The first-order valence-electron chi connectivity index (χ1n) is 4.93. The number of halogens is 2. The Kier molecular flexibility index (Phi) is 4.07. The fraction of sp³-hybridized carbons (Fsp3) is 0. The van der Waals surface area contributed by atoms with E-state index in [-0.39, 0.29) is 10.7 Å². The minimum absolute atomic E-state index is 0.0686. The zero-order chi connectivity index (χ0) is 14.0. The van der Waals surface area contributed by atoms with Crippen molar-refractivity contribution in [3.63, 3.8) is 0 Å².